The minimum absolute atomic E-state index is 0.559. The molecule has 0 aliphatic heterocycles. The molecular weight excluding hydrogens is 671 g/mol. The van der Waals surface area contributed by atoms with Crippen LogP contribution in [0, 0.1) is 13.1 Å². The van der Waals surface area contributed by atoms with Gasteiger partial charge in [-0.3, -0.25) is 0 Å². The summed E-state index contributed by atoms with van der Waals surface area (Å²) in [6.07, 6.45) is 0. The Morgan fingerprint density at radius 1 is 0.327 bits per heavy atom. The van der Waals surface area contributed by atoms with Crippen molar-refractivity contribution in [3.05, 3.63) is 199 Å². The monoisotopic (exact) mass is 699 g/mol. The second kappa shape index (κ2) is 11.8. The zero-order valence-electron chi connectivity index (χ0n) is 29.5. The molecule has 0 unspecified atom stereocenters. The molecular formula is C50H29N5. The number of hydrogen-bond acceptors (Lipinski definition) is 0. The standard InChI is InChI=1S/C50H29N5/c1-51-42-20-13-19-40-38-17-6-12-25-48(38)55(50(40)42)47-24-11-3-14-35(47)34-28-26-33(31-43(34)52-2)54-46-23-10-7-18-39(46)41-30-32(27-29-49(41)54)53-44-21-8-4-15-36(44)37-16-5-9-22-45(37)53/h3-31H. The molecule has 0 atom stereocenters. The van der Waals surface area contributed by atoms with Crippen molar-refractivity contribution in [2.24, 2.45) is 0 Å². The van der Waals surface area contributed by atoms with Crippen LogP contribution in [0.1, 0.15) is 0 Å². The highest BCUT2D eigenvalue weighted by molar-refractivity contribution is 6.15. The molecule has 11 rings (SSSR count). The maximum absolute atomic E-state index is 8.46. The van der Waals surface area contributed by atoms with E-state index in [9.17, 15) is 0 Å². The number of aromatic nitrogens is 3. The largest absolute Gasteiger partial charge is 0.318 e. The van der Waals surface area contributed by atoms with Crippen LogP contribution in [-0.4, -0.2) is 13.7 Å². The fourth-order valence-corrected chi connectivity index (χ4v) is 8.80. The van der Waals surface area contributed by atoms with E-state index in [0.717, 1.165) is 71.8 Å². The maximum atomic E-state index is 8.46. The van der Waals surface area contributed by atoms with Crippen LogP contribution in [0.5, 0.6) is 0 Å². The average molecular weight is 700 g/mol. The van der Waals surface area contributed by atoms with E-state index in [1.807, 2.05) is 42.5 Å². The van der Waals surface area contributed by atoms with Crippen LogP contribution < -0.4 is 0 Å². The molecule has 0 N–H and O–H groups in total. The molecule has 0 saturated carbocycles. The molecule has 11 aromatic rings. The Bertz CT molecular complexity index is 3420. The Labute approximate surface area is 316 Å². The highest BCUT2D eigenvalue weighted by Crippen LogP contribution is 2.43. The average Bonchev–Trinajstić information content (AvgIpc) is 3.89. The third-order valence-corrected chi connectivity index (χ3v) is 11.1. The van der Waals surface area contributed by atoms with Crippen molar-refractivity contribution >= 4 is 76.8 Å². The molecule has 0 bridgehead atoms. The maximum Gasteiger partial charge on any atom is 0.211 e. The minimum atomic E-state index is 0.559. The fraction of sp³-hybridized carbons (Fsp3) is 0. The Hall–Kier alpha value is -7.86. The molecule has 254 valence electrons. The van der Waals surface area contributed by atoms with Crippen LogP contribution in [-0.2, 0) is 0 Å². The lowest BCUT2D eigenvalue weighted by Gasteiger charge is -2.17. The van der Waals surface area contributed by atoms with E-state index in [2.05, 4.69) is 157 Å². The van der Waals surface area contributed by atoms with E-state index in [1.54, 1.807) is 0 Å². The smallest absolute Gasteiger partial charge is 0.211 e. The first-order valence-corrected chi connectivity index (χ1v) is 18.3. The van der Waals surface area contributed by atoms with Gasteiger partial charge in [0.05, 0.1) is 51.9 Å². The quantitative estimate of drug-likeness (QED) is 0.163. The first-order valence-electron chi connectivity index (χ1n) is 18.3. The Kier molecular flexibility index (Phi) is 6.61. The van der Waals surface area contributed by atoms with Crippen LogP contribution in [0.3, 0.4) is 0 Å². The Morgan fingerprint density at radius 3 is 1.44 bits per heavy atom. The minimum Gasteiger partial charge on any atom is -0.318 e. The molecule has 3 aromatic heterocycles. The van der Waals surface area contributed by atoms with E-state index in [0.29, 0.717) is 11.4 Å². The molecule has 0 fully saturated rings. The van der Waals surface area contributed by atoms with E-state index in [4.69, 9.17) is 13.1 Å². The molecule has 55 heavy (non-hydrogen) atoms. The predicted octanol–water partition coefficient (Wildman–Crippen LogP) is 13.7. The van der Waals surface area contributed by atoms with Crippen LogP contribution in [0.25, 0.3) is 103 Å². The lowest BCUT2D eigenvalue weighted by atomic mass is 10.0. The SMILES string of the molecule is [C-]#[N+]c1cc(-n2c3ccccc3c3cc(-n4c5ccccc5c5ccccc54)ccc32)ccc1-c1ccccc1-n1c2ccccc2c2cccc([N+]#[C-])c21. The predicted molar refractivity (Wildman–Crippen MR) is 227 cm³/mol. The first-order chi connectivity index (χ1) is 27.2. The van der Waals surface area contributed by atoms with Gasteiger partial charge in [0.15, 0.2) is 5.69 Å². The third kappa shape index (κ3) is 4.39. The van der Waals surface area contributed by atoms with Crippen molar-refractivity contribution in [3.8, 4) is 28.2 Å². The number of nitrogens with zero attached hydrogens (tertiary/aromatic N) is 5. The lowest BCUT2D eigenvalue weighted by Crippen LogP contribution is -1.98. The van der Waals surface area contributed by atoms with Gasteiger partial charge < -0.3 is 13.7 Å². The van der Waals surface area contributed by atoms with Crippen molar-refractivity contribution in [1.29, 1.82) is 0 Å². The van der Waals surface area contributed by atoms with Crippen molar-refractivity contribution < 1.29 is 0 Å². The van der Waals surface area contributed by atoms with E-state index in [1.165, 1.54) is 21.8 Å². The van der Waals surface area contributed by atoms with Gasteiger partial charge in [0.25, 0.3) is 0 Å². The van der Waals surface area contributed by atoms with Crippen LogP contribution in [0.4, 0.5) is 11.4 Å². The second-order valence-corrected chi connectivity index (χ2v) is 13.9. The summed E-state index contributed by atoms with van der Waals surface area (Å²) in [6, 6.07) is 61.1. The summed E-state index contributed by atoms with van der Waals surface area (Å²) in [5, 5.41) is 6.90. The normalized spacial score (nSPS) is 11.6. The summed E-state index contributed by atoms with van der Waals surface area (Å²) < 4.78 is 6.83. The van der Waals surface area contributed by atoms with Crippen molar-refractivity contribution in [3.63, 3.8) is 0 Å². The number of fused-ring (bicyclic) bond motifs is 9. The number of hydrogen-bond donors (Lipinski definition) is 0. The zero-order valence-corrected chi connectivity index (χ0v) is 29.5. The van der Waals surface area contributed by atoms with Crippen LogP contribution in [0.2, 0.25) is 0 Å². The van der Waals surface area contributed by atoms with Crippen molar-refractivity contribution in [1.82, 2.24) is 13.7 Å². The van der Waals surface area contributed by atoms with Gasteiger partial charge >= 0.3 is 0 Å². The van der Waals surface area contributed by atoms with E-state index < -0.39 is 0 Å². The summed E-state index contributed by atoms with van der Waals surface area (Å²) in [6.45, 7) is 16.5. The number of para-hydroxylation sites is 6. The molecule has 0 saturated heterocycles. The number of benzene rings is 8. The van der Waals surface area contributed by atoms with Crippen LogP contribution >= 0.6 is 0 Å². The second-order valence-electron chi connectivity index (χ2n) is 13.9. The molecule has 0 radical (unpaired) electrons. The molecule has 5 nitrogen and oxygen atoms in total. The third-order valence-electron chi connectivity index (χ3n) is 11.1. The summed E-state index contributed by atoms with van der Waals surface area (Å²) >= 11 is 0. The van der Waals surface area contributed by atoms with Gasteiger partial charge in [0, 0.05) is 38.3 Å². The van der Waals surface area contributed by atoms with Gasteiger partial charge in [-0.25, -0.2) is 9.69 Å². The van der Waals surface area contributed by atoms with E-state index in [-0.39, 0.29) is 0 Å². The van der Waals surface area contributed by atoms with Crippen LogP contribution in [0.15, 0.2) is 176 Å². The zero-order chi connectivity index (χ0) is 36.6. The molecule has 0 amide bonds. The van der Waals surface area contributed by atoms with Gasteiger partial charge in [-0.05, 0) is 77.2 Å². The highest BCUT2D eigenvalue weighted by atomic mass is 15.0. The first kappa shape index (κ1) is 30.7. The van der Waals surface area contributed by atoms with Crippen molar-refractivity contribution in [2.45, 2.75) is 0 Å². The molecule has 3 heterocycles. The Balaban J connectivity index is 1.11. The van der Waals surface area contributed by atoms with Gasteiger partial charge in [-0.1, -0.05) is 115 Å². The van der Waals surface area contributed by atoms with Gasteiger partial charge in [-0.2, -0.15) is 0 Å². The fourth-order valence-electron chi connectivity index (χ4n) is 8.80. The summed E-state index contributed by atoms with van der Waals surface area (Å²) in [7, 11) is 0. The summed E-state index contributed by atoms with van der Waals surface area (Å²) in [5.41, 5.74) is 12.3. The highest BCUT2D eigenvalue weighted by Gasteiger charge is 2.21. The van der Waals surface area contributed by atoms with Gasteiger partial charge in [0.2, 0.25) is 5.69 Å². The summed E-state index contributed by atoms with van der Waals surface area (Å²) in [5.74, 6) is 0. The molecule has 0 aliphatic rings. The molecule has 0 aliphatic carbocycles. The molecule has 8 aromatic carbocycles. The van der Waals surface area contributed by atoms with Gasteiger partial charge in [-0.15, -0.1) is 0 Å². The molecule has 5 heteroatoms. The molecule has 0 spiro atoms. The lowest BCUT2D eigenvalue weighted by molar-refractivity contribution is 1.16. The van der Waals surface area contributed by atoms with E-state index >= 15 is 0 Å². The topological polar surface area (TPSA) is 23.5 Å². The Morgan fingerprint density at radius 2 is 0.800 bits per heavy atom. The summed E-state index contributed by atoms with van der Waals surface area (Å²) in [4.78, 5) is 8.07. The van der Waals surface area contributed by atoms with Gasteiger partial charge in [0.1, 0.15) is 0 Å². The number of rotatable bonds is 4. The van der Waals surface area contributed by atoms with Crippen molar-refractivity contribution in [2.75, 3.05) is 0 Å².